The van der Waals surface area contributed by atoms with Gasteiger partial charge in [-0.3, -0.25) is 4.79 Å². The molecule has 1 fully saturated rings. The SMILES string of the molecule is CC(C)OC(=O)C1(C=O)CC(O[Si](c2ccccc2)(c2ccccc2)C(C)(C)C)C1. The second-order valence-electron chi connectivity index (χ2n) is 9.54. The molecule has 3 rings (SSSR count). The summed E-state index contributed by atoms with van der Waals surface area (Å²) in [6.07, 6.45) is 1.08. The number of ether oxygens (including phenoxy) is 1. The minimum Gasteiger partial charge on any atom is -0.462 e. The minimum absolute atomic E-state index is 0.145. The van der Waals surface area contributed by atoms with Gasteiger partial charge in [0.15, 0.2) is 0 Å². The van der Waals surface area contributed by atoms with Crippen LogP contribution in [0.1, 0.15) is 47.5 Å². The van der Waals surface area contributed by atoms with Crippen molar-refractivity contribution in [2.45, 2.75) is 64.7 Å². The van der Waals surface area contributed by atoms with E-state index in [1.165, 1.54) is 10.4 Å². The van der Waals surface area contributed by atoms with E-state index in [1.54, 1.807) is 13.8 Å². The number of carbonyl (C=O) groups is 2. The van der Waals surface area contributed by atoms with Gasteiger partial charge in [-0.2, -0.15) is 0 Å². The molecule has 0 N–H and O–H groups in total. The maximum absolute atomic E-state index is 12.5. The Bertz CT molecular complexity index is 826. The van der Waals surface area contributed by atoms with Gasteiger partial charge in [0.25, 0.3) is 8.32 Å². The van der Waals surface area contributed by atoms with E-state index >= 15 is 0 Å². The first-order chi connectivity index (χ1) is 14.1. The van der Waals surface area contributed by atoms with E-state index in [9.17, 15) is 9.59 Å². The molecule has 0 bridgehead atoms. The molecule has 0 radical (unpaired) electrons. The first-order valence-electron chi connectivity index (χ1n) is 10.6. The summed E-state index contributed by atoms with van der Waals surface area (Å²) < 4.78 is 12.3. The molecule has 30 heavy (non-hydrogen) atoms. The molecular formula is C25H32O4Si. The van der Waals surface area contributed by atoms with Crippen LogP contribution in [0.5, 0.6) is 0 Å². The van der Waals surface area contributed by atoms with E-state index in [2.05, 4.69) is 45.0 Å². The van der Waals surface area contributed by atoms with Crippen LogP contribution in [0.15, 0.2) is 60.7 Å². The molecule has 0 amide bonds. The van der Waals surface area contributed by atoms with Crippen molar-refractivity contribution in [2.75, 3.05) is 0 Å². The predicted octanol–water partition coefficient (Wildman–Crippen LogP) is 3.86. The second kappa shape index (κ2) is 8.48. The third-order valence-corrected chi connectivity index (χ3v) is 11.0. The Balaban J connectivity index is 1.98. The summed E-state index contributed by atoms with van der Waals surface area (Å²) >= 11 is 0. The predicted molar refractivity (Wildman–Crippen MR) is 121 cm³/mol. The van der Waals surface area contributed by atoms with Crippen LogP contribution in [-0.2, 0) is 18.8 Å². The van der Waals surface area contributed by atoms with Gasteiger partial charge in [0.1, 0.15) is 11.7 Å². The molecule has 0 atom stereocenters. The molecule has 1 aliphatic carbocycles. The van der Waals surface area contributed by atoms with Crippen molar-refractivity contribution >= 4 is 30.9 Å². The van der Waals surface area contributed by atoms with Gasteiger partial charge in [-0.15, -0.1) is 0 Å². The zero-order valence-corrected chi connectivity index (χ0v) is 19.6. The van der Waals surface area contributed by atoms with Gasteiger partial charge in [0.2, 0.25) is 0 Å². The Morgan fingerprint density at radius 3 is 1.83 bits per heavy atom. The van der Waals surface area contributed by atoms with Gasteiger partial charge < -0.3 is 14.0 Å². The van der Waals surface area contributed by atoms with E-state index < -0.39 is 19.7 Å². The fourth-order valence-electron chi connectivity index (χ4n) is 4.42. The van der Waals surface area contributed by atoms with E-state index in [0.717, 1.165) is 6.29 Å². The molecule has 0 aliphatic heterocycles. The number of rotatable bonds is 7. The normalized spacial score (nSPS) is 21.7. The molecule has 0 heterocycles. The quantitative estimate of drug-likeness (QED) is 0.293. The Hall–Kier alpha value is -2.24. The lowest BCUT2D eigenvalue weighted by Gasteiger charge is -2.50. The number of carbonyl (C=O) groups excluding carboxylic acids is 2. The number of hydrogen-bond acceptors (Lipinski definition) is 4. The van der Waals surface area contributed by atoms with Gasteiger partial charge in [-0.1, -0.05) is 81.4 Å². The van der Waals surface area contributed by atoms with Crippen LogP contribution < -0.4 is 10.4 Å². The molecule has 1 aliphatic rings. The molecule has 2 aromatic rings. The lowest BCUT2D eigenvalue weighted by Crippen LogP contribution is -2.69. The second-order valence-corrected chi connectivity index (χ2v) is 13.8. The fraction of sp³-hybridized carbons (Fsp3) is 0.440. The summed E-state index contributed by atoms with van der Waals surface area (Å²) in [5.41, 5.74) is -1.08. The van der Waals surface area contributed by atoms with Gasteiger partial charge >= 0.3 is 5.97 Å². The first-order valence-corrected chi connectivity index (χ1v) is 12.5. The van der Waals surface area contributed by atoms with Crippen LogP contribution in [0, 0.1) is 5.41 Å². The molecule has 0 aromatic heterocycles. The zero-order valence-electron chi connectivity index (χ0n) is 18.6. The van der Waals surface area contributed by atoms with Crippen molar-refractivity contribution in [2.24, 2.45) is 5.41 Å². The first kappa shape index (κ1) is 22.4. The van der Waals surface area contributed by atoms with Crippen LogP contribution in [0.25, 0.3) is 0 Å². The maximum atomic E-state index is 12.5. The van der Waals surface area contributed by atoms with Gasteiger partial charge in [-0.25, -0.2) is 0 Å². The third-order valence-electron chi connectivity index (χ3n) is 5.92. The van der Waals surface area contributed by atoms with E-state index in [0.29, 0.717) is 12.8 Å². The maximum Gasteiger partial charge on any atom is 0.319 e. The fourth-order valence-corrected chi connectivity index (χ4v) is 9.10. The molecule has 0 unspecified atom stereocenters. The van der Waals surface area contributed by atoms with E-state index in [1.807, 2.05) is 36.4 Å². The Kier molecular flexibility index (Phi) is 6.34. The average Bonchev–Trinajstić information content (AvgIpc) is 2.67. The molecule has 160 valence electrons. The summed E-state index contributed by atoms with van der Waals surface area (Å²) in [6, 6.07) is 20.8. The summed E-state index contributed by atoms with van der Waals surface area (Å²) in [5, 5.41) is 2.24. The highest BCUT2D eigenvalue weighted by atomic mass is 28.4. The molecule has 1 saturated carbocycles. The van der Waals surface area contributed by atoms with Crippen LogP contribution in [0.4, 0.5) is 0 Å². The Labute approximate surface area is 180 Å². The van der Waals surface area contributed by atoms with Gasteiger partial charge in [0, 0.05) is 6.10 Å². The summed E-state index contributed by atoms with van der Waals surface area (Å²) in [5.74, 6) is -0.435. The van der Waals surface area contributed by atoms with Gasteiger partial charge in [0.05, 0.1) is 6.10 Å². The third kappa shape index (κ3) is 4.01. The van der Waals surface area contributed by atoms with Crippen molar-refractivity contribution in [3.05, 3.63) is 60.7 Å². The van der Waals surface area contributed by atoms with Crippen molar-refractivity contribution in [3.63, 3.8) is 0 Å². The van der Waals surface area contributed by atoms with Crippen LogP contribution in [-0.4, -0.2) is 32.8 Å². The molecule has 4 nitrogen and oxygen atoms in total. The summed E-state index contributed by atoms with van der Waals surface area (Å²) in [7, 11) is -2.69. The number of aldehydes is 1. The molecule has 0 saturated heterocycles. The highest BCUT2D eigenvalue weighted by Crippen LogP contribution is 2.46. The molecule has 2 aromatic carbocycles. The van der Waals surface area contributed by atoms with Crippen molar-refractivity contribution in [3.8, 4) is 0 Å². The monoisotopic (exact) mass is 424 g/mol. The summed E-state index contributed by atoms with van der Waals surface area (Å²) in [4.78, 5) is 24.4. The number of benzene rings is 2. The highest BCUT2D eigenvalue weighted by Gasteiger charge is 2.58. The zero-order chi connectivity index (χ0) is 22.0. The van der Waals surface area contributed by atoms with Crippen LogP contribution in [0.2, 0.25) is 5.04 Å². The van der Waals surface area contributed by atoms with Crippen molar-refractivity contribution in [1.29, 1.82) is 0 Å². The van der Waals surface area contributed by atoms with Crippen molar-refractivity contribution < 1.29 is 18.8 Å². The molecule has 5 heteroatoms. The lowest BCUT2D eigenvalue weighted by molar-refractivity contribution is -0.172. The van der Waals surface area contributed by atoms with Crippen LogP contribution >= 0.6 is 0 Å². The molecule has 0 spiro atoms. The smallest absolute Gasteiger partial charge is 0.319 e. The Morgan fingerprint density at radius 1 is 1.00 bits per heavy atom. The van der Waals surface area contributed by atoms with E-state index in [4.69, 9.17) is 9.16 Å². The highest BCUT2D eigenvalue weighted by molar-refractivity contribution is 6.99. The van der Waals surface area contributed by atoms with Crippen molar-refractivity contribution in [1.82, 2.24) is 0 Å². The average molecular weight is 425 g/mol. The standard InChI is InChI=1S/C25H32O4Si/c1-19(2)28-23(27)25(18-26)16-20(17-25)29-30(24(3,4)5,21-12-8-6-9-13-21)22-14-10-7-11-15-22/h6-15,18-20H,16-17H2,1-5H3. The summed E-state index contributed by atoms with van der Waals surface area (Å²) in [6.45, 7) is 10.3. The topological polar surface area (TPSA) is 52.6 Å². The van der Waals surface area contributed by atoms with E-state index in [-0.39, 0.29) is 17.2 Å². The Morgan fingerprint density at radius 2 is 1.47 bits per heavy atom. The lowest BCUT2D eigenvalue weighted by atomic mass is 9.68. The van der Waals surface area contributed by atoms with Gasteiger partial charge in [-0.05, 0) is 42.1 Å². The minimum atomic E-state index is -2.69. The number of hydrogen-bond donors (Lipinski definition) is 0. The van der Waals surface area contributed by atoms with Crippen LogP contribution in [0.3, 0.4) is 0 Å². The molecular weight excluding hydrogens is 392 g/mol. The largest absolute Gasteiger partial charge is 0.462 e. The number of esters is 1.